The lowest BCUT2D eigenvalue weighted by Gasteiger charge is -2.62. The van der Waals surface area contributed by atoms with E-state index in [4.69, 9.17) is 0 Å². The van der Waals surface area contributed by atoms with E-state index in [0.717, 1.165) is 38.3 Å². The molecule has 36 heavy (non-hydrogen) atoms. The van der Waals surface area contributed by atoms with Crippen molar-refractivity contribution >= 4 is 0 Å². The van der Waals surface area contributed by atoms with Crippen LogP contribution in [-0.4, -0.2) is 47.6 Å². The van der Waals surface area contributed by atoms with Crippen LogP contribution in [0.2, 0.25) is 0 Å². The van der Waals surface area contributed by atoms with Gasteiger partial charge >= 0.3 is 0 Å². The SMILES string of the molecule is CC(C)NCCN[C@H]1CC[C@]2(C)C3CC[C@@]4(C)C(CCC4[C@H](C)CC[C@@H](O)C(C)C)C3[C@H](O)C[C@H]2C1. The van der Waals surface area contributed by atoms with Crippen LogP contribution in [0.4, 0.5) is 0 Å². The number of hydrogen-bond donors (Lipinski definition) is 4. The Morgan fingerprint density at radius 3 is 2.22 bits per heavy atom. The molecule has 0 saturated heterocycles. The molecule has 4 N–H and O–H groups in total. The number of hydrogen-bond acceptors (Lipinski definition) is 4. The smallest absolute Gasteiger partial charge is 0.0577 e. The molecule has 0 aromatic carbocycles. The standard InChI is InChI=1S/C32H60N2O2/c1-20(2)28(35)11-8-22(5)25-9-10-26-30-27(13-15-32(25,26)7)31(6)14-12-24(18-23(31)19-29(30)36)34-17-16-33-21(3)4/h20-30,33-36H,8-19H2,1-7H3/t22-,23-,24+,25?,26?,27?,28-,29-,30?,31+,32-/m1/s1. The molecule has 4 aliphatic carbocycles. The molecule has 0 spiro atoms. The number of rotatable bonds is 10. The van der Waals surface area contributed by atoms with Crippen molar-refractivity contribution in [1.29, 1.82) is 0 Å². The highest BCUT2D eigenvalue weighted by Crippen LogP contribution is 2.68. The second-order valence-electron chi connectivity index (χ2n) is 14.9. The molecule has 4 heteroatoms. The monoisotopic (exact) mass is 504 g/mol. The van der Waals surface area contributed by atoms with E-state index in [2.05, 4.69) is 59.1 Å². The van der Waals surface area contributed by atoms with Gasteiger partial charge in [0, 0.05) is 25.2 Å². The first-order chi connectivity index (χ1) is 17.0. The van der Waals surface area contributed by atoms with Crippen molar-refractivity contribution < 1.29 is 10.2 Å². The van der Waals surface area contributed by atoms with Gasteiger partial charge in [-0.25, -0.2) is 0 Å². The van der Waals surface area contributed by atoms with E-state index in [1.165, 1.54) is 44.9 Å². The molecule has 4 nitrogen and oxygen atoms in total. The van der Waals surface area contributed by atoms with E-state index in [0.29, 0.717) is 58.4 Å². The van der Waals surface area contributed by atoms with Gasteiger partial charge in [0.25, 0.3) is 0 Å². The summed E-state index contributed by atoms with van der Waals surface area (Å²) >= 11 is 0. The van der Waals surface area contributed by atoms with Crippen molar-refractivity contribution in [3.8, 4) is 0 Å². The van der Waals surface area contributed by atoms with Crippen LogP contribution in [0.25, 0.3) is 0 Å². The predicted octanol–water partition coefficient (Wildman–Crippen LogP) is 6.01. The largest absolute Gasteiger partial charge is 0.393 e. The Kier molecular flexibility index (Phi) is 9.23. The first-order valence-electron chi connectivity index (χ1n) is 15.8. The Morgan fingerprint density at radius 1 is 0.833 bits per heavy atom. The van der Waals surface area contributed by atoms with Gasteiger partial charge in [-0.1, -0.05) is 48.5 Å². The summed E-state index contributed by atoms with van der Waals surface area (Å²) in [5, 5.41) is 29.5. The third-order valence-electron chi connectivity index (χ3n) is 12.2. The summed E-state index contributed by atoms with van der Waals surface area (Å²) in [4.78, 5) is 0. The van der Waals surface area contributed by atoms with Gasteiger partial charge in [0.2, 0.25) is 0 Å². The average molecular weight is 505 g/mol. The Bertz CT molecular complexity index is 712. The van der Waals surface area contributed by atoms with Crippen LogP contribution in [0.3, 0.4) is 0 Å². The molecule has 0 radical (unpaired) electrons. The van der Waals surface area contributed by atoms with Crippen LogP contribution >= 0.6 is 0 Å². The lowest BCUT2D eigenvalue weighted by Crippen LogP contribution is -2.59. The second kappa shape index (κ2) is 11.5. The number of nitrogens with one attached hydrogen (secondary N) is 2. The van der Waals surface area contributed by atoms with E-state index in [1.54, 1.807) is 0 Å². The van der Waals surface area contributed by atoms with Gasteiger partial charge in [0.15, 0.2) is 0 Å². The van der Waals surface area contributed by atoms with Crippen LogP contribution in [-0.2, 0) is 0 Å². The summed E-state index contributed by atoms with van der Waals surface area (Å²) in [6.45, 7) is 18.4. The highest BCUT2D eigenvalue weighted by Gasteiger charge is 2.62. The minimum absolute atomic E-state index is 0.115. The van der Waals surface area contributed by atoms with Crippen molar-refractivity contribution in [2.24, 2.45) is 52.3 Å². The molecule has 4 rings (SSSR count). The molecule has 4 aliphatic rings. The highest BCUT2D eigenvalue weighted by molar-refractivity contribution is 5.12. The first-order valence-corrected chi connectivity index (χ1v) is 15.8. The summed E-state index contributed by atoms with van der Waals surface area (Å²) in [5.41, 5.74) is 0.778. The van der Waals surface area contributed by atoms with Crippen LogP contribution in [0.5, 0.6) is 0 Å². The van der Waals surface area contributed by atoms with Crippen molar-refractivity contribution in [2.75, 3.05) is 13.1 Å². The molecular weight excluding hydrogens is 444 g/mol. The molecule has 4 saturated carbocycles. The number of aliphatic hydroxyl groups excluding tert-OH is 2. The maximum absolute atomic E-state index is 11.7. The van der Waals surface area contributed by atoms with Crippen LogP contribution in [0.15, 0.2) is 0 Å². The fourth-order valence-electron chi connectivity index (χ4n) is 9.99. The zero-order valence-corrected chi connectivity index (χ0v) is 24.7. The lowest BCUT2D eigenvalue weighted by molar-refractivity contribution is -0.167. The maximum atomic E-state index is 11.7. The number of aliphatic hydroxyl groups is 2. The third-order valence-corrected chi connectivity index (χ3v) is 12.2. The van der Waals surface area contributed by atoms with Gasteiger partial charge in [-0.2, -0.15) is 0 Å². The Hall–Kier alpha value is -0.160. The van der Waals surface area contributed by atoms with E-state index < -0.39 is 0 Å². The van der Waals surface area contributed by atoms with Gasteiger partial charge in [0.1, 0.15) is 0 Å². The van der Waals surface area contributed by atoms with Crippen molar-refractivity contribution in [2.45, 2.75) is 137 Å². The molecule has 4 unspecified atom stereocenters. The highest BCUT2D eigenvalue weighted by atomic mass is 16.3. The van der Waals surface area contributed by atoms with Gasteiger partial charge in [-0.15, -0.1) is 0 Å². The lowest BCUT2D eigenvalue weighted by atomic mass is 9.43. The summed E-state index contributed by atoms with van der Waals surface area (Å²) in [6.07, 6.45) is 12.0. The Morgan fingerprint density at radius 2 is 1.53 bits per heavy atom. The molecule has 210 valence electrons. The normalized spacial score (nSPS) is 44.2. The van der Waals surface area contributed by atoms with Crippen LogP contribution in [0.1, 0.15) is 113 Å². The minimum atomic E-state index is -0.165. The molecule has 0 heterocycles. The molecule has 0 amide bonds. The molecule has 11 atom stereocenters. The predicted molar refractivity (Wildman–Crippen MR) is 151 cm³/mol. The fourth-order valence-corrected chi connectivity index (χ4v) is 9.99. The van der Waals surface area contributed by atoms with E-state index in [9.17, 15) is 10.2 Å². The Balaban J connectivity index is 1.39. The molecule has 4 fully saturated rings. The molecular formula is C32H60N2O2. The molecule has 0 aliphatic heterocycles. The minimum Gasteiger partial charge on any atom is -0.393 e. The molecule has 0 aromatic rings. The third kappa shape index (κ3) is 5.58. The zero-order valence-electron chi connectivity index (χ0n) is 24.7. The van der Waals surface area contributed by atoms with E-state index >= 15 is 0 Å². The van der Waals surface area contributed by atoms with E-state index in [1.807, 2.05) is 0 Å². The van der Waals surface area contributed by atoms with Gasteiger partial charge in [-0.05, 0) is 116 Å². The van der Waals surface area contributed by atoms with Gasteiger partial charge < -0.3 is 20.8 Å². The molecule has 0 aromatic heterocycles. The second-order valence-corrected chi connectivity index (χ2v) is 14.9. The Labute approximate surface area is 223 Å². The van der Waals surface area contributed by atoms with Crippen LogP contribution < -0.4 is 10.6 Å². The topological polar surface area (TPSA) is 64.5 Å². The molecule has 0 bridgehead atoms. The summed E-state index contributed by atoms with van der Waals surface area (Å²) in [6, 6.07) is 1.17. The summed E-state index contributed by atoms with van der Waals surface area (Å²) in [5.74, 6) is 4.32. The van der Waals surface area contributed by atoms with Crippen LogP contribution in [0, 0.1) is 52.3 Å². The fraction of sp³-hybridized carbons (Fsp3) is 1.00. The summed E-state index contributed by atoms with van der Waals surface area (Å²) in [7, 11) is 0. The van der Waals surface area contributed by atoms with Crippen molar-refractivity contribution in [3.05, 3.63) is 0 Å². The number of fused-ring (bicyclic) bond motifs is 5. The quantitative estimate of drug-likeness (QED) is 0.275. The van der Waals surface area contributed by atoms with Gasteiger partial charge in [0.05, 0.1) is 12.2 Å². The average Bonchev–Trinajstić information content (AvgIpc) is 3.17. The van der Waals surface area contributed by atoms with Crippen molar-refractivity contribution in [3.63, 3.8) is 0 Å². The zero-order chi connectivity index (χ0) is 26.3. The maximum Gasteiger partial charge on any atom is 0.0577 e. The van der Waals surface area contributed by atoms with Gasteiger partial charge in [-0.3, -0.25) is 0 Å². The van der Waals surface area contributed by atoms with E-state index in [-0.39, 0.29) is 12.2 Å². The summed E-state index contributed by atoms with van der Waals surface area (Å²) < 4.78 is 0. The first kappa shape index (κ1) is 28.8. The van der Waals surface area contributed by atoms with Crippen molar-refractivity contribution in [1.82, 2.24) is 10.6 Å².